The summed E-state index contributed by atoms with van der Waals surface area (Å²) in [6.07, 6.45) is 7.96. The van der Waals surface area contributed by atoms with Crippen molar-refractivity contribution in [2.24, 2.45) is 0 Å². The summed E-state index contributed by atoms with van der Waals surface area (Å²) < 4.78 is 32.9. The first-order valence-electron chi connectivity index (χ1n) is 10.2. The third-order valence-electron chi connectivity index (χ3n) is 5.46. The van der Waals surface area contributed by atoms with Crippen molar-refractivity contribution in [3.05, 3.63) is 77.8 Å². The van der Waals surface area contributed by atoms with Gasteiger partial charge in [-0.2, -0.15) is 0 Å². The van der Waals surface area contributed by atoms with E-state index in [1.807, 2.05) is 0 Å². The number of aromatic nitrogens is 2. The first kappa shape index (κ1) is 20.2. The molecule has 0 saturated heterocycles. The number of amides is 1. The number of hydrogen-bond acceptors (Lipinski definition) is 6. The number of nitrogens with one attached hydrogen (secondary N) is 2. The molecular weight excluding hydrogens is 428 g/mol. The van der Waals surface area contributed by atoms with Crippen LogP contribution in [-0.2, 0) is 34.1 Å². The molecule has 2 heterocycles. The number of hydrogen-bond donors (Lipinski definition) is 2. The standard InChI is InChI=1S/C23H20N4O4S/c28-22(13-17-14-31-21-12-16-4-1-3-15(16)11-20(17)21)26-18-5-7-19(8-6-18)32(29,30)27-23-24-9-2-10-25-23/h2,5-12,14H,1,3-4,13H2,(H,26,28)(H,24,25,27). The molecule has 2 aromatic carbocycles. The number of carbonyl (C=O) groups excluding carboxylic acids is 1. The fourth-order valence-corrected chi connectivity index (χ4v) is 4.87. The van der Waals surface area contributed by atoms with Crippen molar-refractivity contribution in [3.63, 3.8) is 0 Å². The predicted molar refractivity (Wildman–Crippen MR) is 120 cm³/mol. The van der Waals surface area contributed by atoms with Crippen LogP contribution in [-0.4, -0.2) is 24.3 Å². The lowest BCUT2D eigenvalue weighted by atomic mass is 10.0. The molecule has 2 aromatic heterocycles. The monoisotopic (exact) mass is 448 g/mol. The van der Waals surface area contributed by atoms with Crippen LogP contribution in [0.4, 0.5) is 11.6 Å². The van der Waals surface area contributed by atoms with Crippen molar-refractivity contribution < 1.29 is 17.6 Å². The normalized spacial score (nSPS) is 13.1. The van der Waals surface area contributed by atoms with Crippen LogP contribution in [0.2, 0.25) is 0 Å². The van der Waals surface area contributed by atoms with Crippen molar-refractivity contribution in [3.8, 4) is 0 Å². The van der Waals surface area contributed by atoms with Crippen molar-refractivity contribution in [1.29, 1.82) is 0 Å². The molecule has 1 aliphatic rings. The minimum atomic E-state index is -3.83. The van der Waals surface area contributed by atoms with E-state index >= 15 is 0 Å². The lowest BCUT2D eigenvalue weighted by molar-refractivity contribution is -0.115. The minimum absolute atomic E-state index is 0.0112. The minimum Gasteiger partial charge on any atom is -0.464 e. The van der Waals surface area contributed by atoms with E-state index in [9.17, 15) is 13.2 Å². The van der Waals surface area contributed by atoms with Gasteiger partial charge in [0.05, 0.1) is 17.6 Å². The van der Waals surface area contributed by atoms with Crippen LogP contribution < -0.4 is 10.0 Å². The SMILES string of the molecule is O=C(Cc1coc2cc3c(cc12)CCC3)Nc1ccc(S(=O)(=O)Nc2ncccn2)cc1. The molecule has 0 bridgehead atoms. The van der Waals surface area contributed by atoms with Gasteiger partial charge in [0.15, 0.2) is 0 Å². The van der Waals surface area contributed by atoms with Gasteiger partial charge in [0.1, 0.15) is 5.58 Å². The Morgan fingerprint density at radius 3 is 2.50 bits per heavy atom. The molecule has 8 nitrogen and oxygen atoms in total. The van der Waals surface area contributed by atoms with Crippen LogP contribution >= 0.6 is 0 Å². The number of nitrogens with zero attached hydrogens (tertiary/aromatic N) is 2. The number of aryl methyl sites for hydroxylation is 2. The summed E-state index contributed by atoms with van der Waals surface area (Å²) in [5.74, 6) is -0.220. The Kier molecular flexibility index (Phi) is 5.10. The smallest absolute Gasteiger partial charge is 0.264 e. The van der Waals surface area contributed by atoms with Gasteiger partial charge in [-0.3, -0.25) is 4.79 Å². The van der Waals surface area contributed by atoms with Gasteiger partial charge in [-0.05, 0) is 72.9 Å². The molecule has 0 atom stereocenters. The topological polar surface area (TPSA) is 114 Å². The zero-order valence-electron chi connectivity index (χ0n) is 17.0. The van der Waals surface area contributed by atoms with Gasteiger partial charge < -0.3 is 9.73 Å². The lowest BCUT2D eigenvalue weighted by Gasteiger charge is -2.08. The van der Waals surface area contributed by atoms with E-state index in [2.05, 4.69) is 32.1 Å². The molecule has 162 valence electrons. The number of furan rings is 1. The van der Waals surface area contributed by atoms with Crippen LogP contribution in [0.5, 0.6) is 0 Å². The summed E-state index contributed by atoms with van der Waals surface area (Å²) >= 11 is 0. The second-order valence-electron chi connectivity index (χ2n) is 7.66. The summed E-state index contributed by atoms with van der Waals surface area (Å²) in [4.78, 5) is 20.3. The molecule has 0 unspecified atom stereocenters. The van der Waals surface area contributed by atoms with Crippen molar-refractivity contribution >= 4 is 38.5 Å². The second kappa shape index (κ2) is 8.08. The Labute approximate surface area is 184 Å². The van der Waals surface area contributed by atoms with E-state index in [-0.39, 0.29) is 23.2 Å². The molecule has 0 saturated carbocycles. The number of sulfonamides is 1. The zero-order valence-corrected chi connectivity index (χ0v) is 17.9. The predicted octanol–water partition coefficient (Wildman–Crippen LogP) is 3.69. The molecule has 0 radical (unpaired) electrons. The third kappa shape index (κ3) is 4.06. The lowest BCUT2D eigenvalue weighted by Crippen LogP contribution is -2.16. The van der Waals surface area contributed by atoms with Gasteiger partial charge >= 0.3 is 0 Å². The number of rotatable bonds is 6. The number of carbonyl (C=O) groups is 1. The summed E-state index contributed by atoms with van der Waals surface area (Å²) in [6, 6.07) is 11.7. The molecular formula is C23H20N4O4S. The Hall–Kier alpha value is -3.72. The molecule has 0 fully saturated rings. The Morgan fingerprint density at radius 1 is 1.03 bits per heavy atom. The van der Waals surface area contributed by atoms with E-state index < -0.39 is 10.0 Å². The van der Waals surface area contributed by atoms with E-state index in [1.165, 1.54) is 35.7 Å². The third-order valence-corrected chi connectivity index (χ3v) is 6.80. The maximum Gasteiger partial charge on any atom is 0.264 e. The first-order valence-corrected chi connectivity index (χ1v) is 11.7. The molecule has 9 heteroatoms. The highest BCUT2D eigenvalue weighted by atomic mass is 32.2. The number of anilines is 2. The average molecular weight is 449 g/mol. The van der Waals surface area contributed by atoms with Gasteiger partial charge in [-0.15, -0.1) is 0 Å². The van der Waals surface area contributed by atoms with Crippen molar-refractivity contribution in [2.45, 2.75) is 30.6 Å². The highest BCUT2D eigenvalue weighted by molar-refractivity contribution is 7.92. The largest absolute Gasteiger partial charge is 0.464 e. The van der Waals surface area contributed by atoms with E-state index in [0.29, 0.717) is 5.69 Å². The molecule has 0 spiro atoms. The highest BCUT2D eigenvalue weighted by Crippen LogP contribution is 2.30. The molecule has 2 N–H and O–H groups in total. The Bertz CT molecular complexity index is 1400. The summed E-state index contributed by atoms with van der Waals surface area (Å²) in [5.41, 5.74) is 4.79. The van der Waals surface area contributed by atoms with Crippen molar-refractivity contribution in [1.82, 2.24) is 9.97 Å². The van der Waals surface area contributed by atoms with Gasteiger partial charge in [0, 0.05) is 29.0 Å². The van der Waals surface area contributed by atoms with Crippen LogP contribution in [0.1, 0.15) is 23.1 Å². The quantitative estimate of drug-likeness (QED) is 0.465. The number of benzene rings is 2. The summed E-state index contributed by atoms with van der Waals surface area (Å²) in [7, 11) is -3.83. The van der Waals surface area contributed by atoms with Gasteiger partial charge in [0.2, 0.25) is 11.9 Å². The maximum absolute atomic E-state index is 12.6. The van der Waals surface area contributed by atoms with Gasteiger partial charge in [-0.1, -0.05) is 0 Å². The fourth-order valence-electron chi connectivity index (χ4n) is 3.91. The molecule has 0 aliphatic heterocycles. The summed E-state index contributed by atoms with van der Waals surface area (Å²) in [6.45, 7) is 0. The Morgan fingerprint density at radius 2 is 1.75 bits per heavy atom. The Balaban J connectivity index is 1.27. The molecule has 32 heavy (non-hydrogen) atoms. The van der Waals surface area contributed by atoms with Gasteiger partial charge in [-0.25, -0.2) is 23.1 Å². The van der Waals surface area contributed by atoms with Crippen LogP contribution in [0.25, 0.3) is 11.0 Å². The molecule has 5 rings (SSSR count). The van der Waals surface area contributed by atoms with E-state index in [4.69, 9.17) is 4.42 Å². The summed E-state index contributed by atoms with van der Waals surface area (Å²) in [5, 5.41) is 3.77. The molecule has 1 aliphatic carbocycles. The van der Waals surface area contributed by atoms with E-state index in [0.717, 1.165) is 35.8 Å². The highest BCUT2D eigenvalue weighted by Gasteiger charge is 2.18. The fraction of sp³-hybridized carbons (Fsp3) is 0.174. The van der Waals surface area contributed by atoms with Gasteiger partial charge in [0.25, 0.3) is 10.0 Å². The first-order chi connectivity index (χ1) is 15.5. The van der Waals surface area contributed by atoms with E-state index in [1.54, 1.807) is 24.5 Å². The molecule has 4 aromatic rings. The number of fused-ring (bicyclic) bond motifs is 2. The molecule has 1 amide bonds. The zero-order chi connectivity index (χ0) is 22.1. The average Bonchev–Trinajstić information content (AvgIpc) is 3.39. The van der Waals surface area contributed by atoms with Crippen LogP contribution in [0.3, 0.4) is 0 Å². The maximum atomic E-state index is 12.6. The van der Waals surface area contributed by atoms with Crippen molar-refractivity contribution in [2.75, 3.05) is 10.0 Å². The van der Waals surface area contributed by atoms with Crippen LogP contribution in [0.15, 0.2) is 70.4 Å². The second-order valence-corrected chi connectivity index (χ2v) is 9.34. The van der Waals surface area contributed by atoms with Crippen LogP contribution in [0, 0.1) is 0 Å².